The van der Waals surface area contributed by atoms with Crippen molar-refractivity contribution < 1.29 is 19.1 Å². The largest absolute Gasteiger partial charge is 0.493 e. The van der Waals surface area contributed by atoms with E-state index in [9.17, 15) is 9.59 Å². The number of methoxy groups -OCH3 is 1. The van der Waals surface area contributed by atoms with Crippen molar-refractivity contribution in [3.05, 3.63) is 23.8 Å². The number of nitrogens with zero attached hydrogens (tertiary/aromatic N) is 2. The summed E-state index contributed by atoms with van der Waals surface area (Å²) in [5.74, 6) is 0.931. The summed E-state index contributed by atoms with van der Waals surface area (Å²) in [4.78, 5) is 24.5. The molecule has 8 nitrogen and oxygen atoms in total. The molecule has 2 rings (SSSR count). The molecule has 0 unspecified atom stereocenters. The van der Waals surface area contributed by atoms with Gasteiger partial charge in [0.05, 0.1) is 13.3 Å². The molecule has 3 amide bonds. The van der Waals surface area contributed by atoms with Crippen LogP contribution in [0.25, 0.3) is 0 Å². The second-order valence-corrected chi connectivity index (χ2v) is 5.37. The molecular weight excluding hydrogens is 312 g/mol. The molecule has 0 saturated carbocycles. The van der Waals surface area contributed by atoms with Crippen LogP contribution in [0.2, 0.25) is 0 Å². The summed E-state index contributed by atoms with van der Waals surface area (Å²) in [7, 11) is 1.51. The highest BCUT2D eigenvalue weighted by molar-refractivity contribution is 5.82. The number of likely N-dealkylation sites (tertiary alicyclic amines) is 1. The standard InChI is InChI=1S/C16H22N4O4/c1-23-14-9-12(10-18-19-16(17)22)5-6-13(14)24-11-15(21)20-7-3-2-4-8-20/h5-6,9-10H,2-4,7-8,11H2,1H3,(H3,17,19,22)/b18-10-. The van der Waals surface area contributed by atoms with E-state index in [1.807, 2.05) is 4.90 Å². The average Bonchev–Trinajstić information content (AvgIpc) is 2.60. The molecule has 1 aliphatic heterocycles. The Balaban J connectivity index is 1.95. The maximum atomic E-state index is 12.1. The van der Waals surface area contributed by atoms with Crippen molar-refractivity contribution in [3.8, 4) is 11.5 Å². The third-order valence-electron chi connectivity index (χ3n) is 3.64. The van der Waals surface area contributed by atoms with Crippen LogP contribution in [0.5, 0.6) is 11.5 Å². The first-order valence-corrected chi connectivity index (χ1v) is 7.77. The Morgan fingerprint density at radius 2 is 2.04 bits per heavy atom. The highest BCUT2D eigenvalue weighted by atomic mass is 16.5. The Kier molecular flexibility index (Phi) is 6.41. The zero-order valence-electron chi connectivity index (χ0n) is 13.7. The quantitative estimate of drug-likeness (QED) is 0.600. The predicted molar refractivity (Wildman–Crippen MR) is 89.2 cm³/mol. The monoisotopic (exact) mass is 334 g/mol. The molecule has 1 heterocycles. The van der Waals surface area contributed by atoms with Crippen molar-refractivity contribution in [3.63, 3.8) is 0 Å². The van der Waals surface area contributed by atoms with Gasteiger partial charge in [-0.25, -0.2) is 10.2 Å². The molecule has 1 aromatic carbocycles. The Labute approximate surface area is 140 Å². The van der Waals surface area contributed by atoms with Crippen molar-refractivity contribution in [2.75, 3.05) is 26.8 Å². The number of rotatable bonds is 6. The maximum Gasteiger partial charge on any atom is 0.332 e. The predicted octanol–water partition coefficient (Wildman–Crippen LogP) is 1.09. The van der Waals surface area contributed by atoms with Crippen molar-refractivity contribution in [2.24, 2.45) is 10.8 Å². The first-order valence-electron chi connectivity index (χ1n) is 7.77. The Hall–Kier alpha value is -2.77. The number of piperidine rings is 1. The number of hydrogen-bond donors (Lipinski definition) is 2. The number of urea groups is 1. The first-order chi connectivity index (χ1) is 11.6. The summed E-state index contributed by atoms with van der Waals surface area (Å²) < 4.78 is 10.9. The fraction of sp³-hybridized carbons (Fsp3) is 0.438. The number of amides is 3. The molecule has 8 heteroatoms. The minimum absolute atomic E-state index is 0.0203. The number of nitrogens with two attached hydrogens (primary N) is 1. The van der Waals surface area contributed by atoms with Crippen LogP contribution >= 0.6 is 0 Å². The summed E-state index contributed by atoms with van der Waals surface area (Å²) >= 11 is 0. The van der Waals surface area contributed by atoms with Gasteiger partial charge in [0.1, 0.15) is 0 Å². The van der Waals surface area contributed by atoms with E-state index in [0.29, 0.717) is 17.1 Å². The van der Waals surface area contributed by atoms with E-state index in [0.717, 1.165) is 25.9 Å². The van der Waals surface area contributed by atoms with Gasteiger partial charge in [0, 0.05) is 13.1 Å². The van der Waals surface area contributed by atoms with Crippen molar-refractivity contribution >= 4 is 18.2 Å². The average molecular weight is 334 g/mol. The van der Waals surface area contributed by atoms with Crippen LogP contribution in [0, 0.1) is 0 Å². The van der Waals surface area contributed by atoms with Crippen LogP contribution in [0.15, 0.2) is 23.3 Å². The normalized spacial score (nSPS) is 14.5. The molecule has 0 atom stereocenters. The lowest BCUT2D eigenvalue weighted by Gasteiger charge is -2.26. The number of benzene rings is 1. The highest BCUT2D eigenvalue weighted by Crippen LogP contribution is 2.27. The molecule has 1 saturated heterocycles. The second-order valence-electron chi connectivity index (χ2n) is 5.37. The number of carbonyl (C=O) groups excluding carboxylic acids is 2. The molecular formula is C16H22N4O4. The highest BCUT2D eigenvalue weighted by Gasteiger charge is 2.17. The van der Waals surface area contributed by atoms with E-state index in [1.54, 1.807) is 18.2 Å². The van der Waals surface area contributed by atoms with E-state index in [1.165, 1.54) is 19.7 Å². The van der Waals surface area contributed by atoms with Crippen molar-refractivity contribution in [1.82, 2.24) is 10.3 Å². The topological polar surface area (TPSA) is 106 Å². The molecule has 1 fully saturated rings. The summed E-state index contributed by atoms with van der Waals surface area (Å²) in [5.41, 5.74) is 7.72. The third kappa shape index (κ3) is 5.15. The van der Waals surface area contributed by atoms with E-state index in [-0.39, 0.29) is 12.5 Å². The van der Waals surface area contributed by atoms with Crippen LogP contribution in [-0.4, -0.2) is 49.9 Å². The minimum atomic E-state index is -0.741. The zero-order valence-corrected chi connectivity index (χ0v) is 13.7. The molecule has 24 heavy (non-hydrogen) atoms. The van der Waals surface area contributed by atoms with Crippen LogP contribution in [0.1, 0.15) is 24.8 Å². The van der Waals surface area contributed by atoms with Crippen LogP contribution in [0.3, 0.4) is 0 Å². The number of nitrogens with one attached hydrogen (secondary N) is 1. The van der Waals surface area contributed by atoms with E-state index in [4.69, 9.17) is 15.2 Å². The molecule has 0 radical (unpaired) electrons. The van der Waals surface area contributed by atoms with E-state index < -0.39 is 6.03 Å². The third-order valence-corrected chi connectivity index (χ3v) is 3.64. The summed E-state index contributed by atoms with van der Waals surface area (Å²) in [6.07, 6.45) is 4.69. The molecule has 130 valence electrons. The molecule has 0 spiro atoms. The molecule has 1 aromatic rings. The fourth-order valence-electron chi connectivity index (χ4n) is 2.43. The number of hydrazone groups is 1. The van der Waals surface area contributed by atoms with Gasteiger partial charge < -0.3 is 20.1 Å². The SMILES string of the molecule is COc1cc(/C=N\NC(N)=O)ccc1OCC(=O)N1CCCCC1. The lowest BCUT2D eigenvalue weighted by Crippen LogP contribution is -2.38. The van der Waals surface area contributed by atoms with Crippen molar-refractivity contribution in [2.45, 2.75) is 19.3 Å². The lowest BCUT2D eigenvalue weighted by molar-refractivity contribution is -0.134. The summed E-state index contributed by atoms with van der Waals surface area (Å²) in [5, 5.41) is 3.67. The Morgan fingerprint density at radius 1 is 1.29 bits per heavy atom. The van der Waals surface area contributed by atoms with Gasteiger partial charge in [0.25, 0.3) is 5.91 Å². The number of hydrogen-bond acceptors (Lipinski definition) is 5. The summed E-state index contributed by atoms with van der Waals surface area (Å²) in [6, 6.07) is 4.37. The van der Waals surface area contributed by atoms with Gasteiger partial charge in [-0.05, 0) is 43.0 Å². The maximum absolute atomic E-state index is 12.1. The van der Waals surface area contributed by atoms with Gasteiger partial charge in [0.2, 0.25) is 0 Å². The van der Waals surface area contributed by atoms with E-state index >= 15 is 0 Å². The molecule has 0 aliphatic carbocycles. The second kappa shape index (κ2) is 8.76. The van der Waals surface area contributed by atoms with Gasteiger partial charge >= 0.3 is 6.03 Å². The first kappa shape index (κ1) is 17.6. The van der Waals surface area contributed by atoms with Gasteiger partial charge in [0.15, 0.2) is 18.1 Å². The van der Waals surface area contributed by atoms with Crippen LogP contribution < -0.4 is 20.6 Å². The molecule has 1 aliphatic rings. The van der Waals surface area contributed by atoms with Gasteiger partial charge in [-0.2, -0.15) is 5.10 Å². The Morgan fingerprint density at radius 3 is 2.71 bits per heavy atom. The molecule has 0 aromatic heterocycles. The molecule has 0 bridgehead atoms. The number of primary amides is 1. The smallest absolute Gasteiger partial charge is 0.332 e. The van der Waals surface area contributed by atoms with E-state index in [2.05, 4.69) is 10.5 Å². The summed E-state index contributed by atoms with van der Waals surface area (Å²) in [6.45, 7) is 1.57. The zero-order chi connectivity index (χ0) is 17.4. The Bertz CT molecular complexity index is 612. The van der Waals surface area contributed by atoms with Gasteiger partial charge in [-0.1, -0.05) is 0 Å². The number of ether oxygens (including phenoxy) is 2. The number of carbonyl (C=O) groups is 2. The van der Waals surface area contributed by atoms with Crippen LogP contribution in [0.4, 0.5) is 4.79 Å². The molecule has 3 N–H and O–H groups in total. The van der Waals surface area contributed by atoms with Crippen LogP contribution in [-0.2, 0) is 4.79 Å². The van der Waals surface area contributed by atoms with Crippen molar-refractivity contribution in [1.29, 1.82) is 0 Å². The lowest BCUT2D eigenvalue weighted by atomic mass is 10.1. The van der Waals surface area contributed by atoms with Gasteiger partial charge in [-0.3, -0.25) is 4.79 Å². The van der Waals surface area contributed by atoms with Gasteiger partial charge in [-0.15, -0.1) is 0 Å². The fourth-order valence-corrected chi connectivity index (χ4v) is 2.43. The minimum Gasteiger partial charge on any atom is -0.493 e.